The summed E-state index contributed by atoms with van der Waals surface area (Å²) in [6.45, 7) is 1.82. The molecule has 0 saturated heterocycles. The normalized spacial score (nSPS) is 11.7. The average Bonchev–Trinajstić information content (AvgIpc) is 2.62. The summed E-state index contributed by atoms with van der Waals surface area (Å²) in [5, 5.41) is 2.63. The lowest BCUT2D eigenvalue weighted by atomic mass is 10.2. The Bertz CT molecular complexity index is 968. The van der Waals surface area contributed by atoms with E-state index in [2.05, 4.69) is 10.0 Å². The van der Waals surface area contributed by atoms with Crippen LogP contribution in [0.4, 0.5) is 15.8 Å². The zero-order valence-electron chi connectivity index (χ0n) is 14.8. The Kier molecular flexibility index (Phi) is 6.73. The Hall–Kier alpha value is -3.13. The van der Waals surface area contributed by atoms with E-state index >= 15 is 0 Å². The predicted molar refractivity (Wildman–Crippen MR) is 103 cm³/mol. The minimum Gasteiger partial charge on any atom is -0.495 e. The summed E-state index contributed by atoms with van der Waals surface area (Å²) in [6.07, 6.45) is 6.40. The van der Waals surface area contributed by atoms with Gasteiger partial charge in [-0.05, 0) is 49.4 Å². The van der Waals surface area contributed by atoms with Gasteiger partial charge in [-0.1, -0.05) is 18.2 Å². The van der Waals surface area contributed by atoms with Gasteiger partial charge in [0.15, 0.2) is 0 Å². The monoisotopic (exact) mass is 390 g/mol. The zero-order valence-corrected chi connectivity index (χ0v) is 15.6. The Morgan fingerprint density at radius 3 is 2.44 bits per heavy atom. The number of hydrogen-bond donors (Lipinski definition) is 2. The van der Waals surface area contributed by atoms with Crippen molar-refractivity contribution in [3.8, 4) is 5.75 Å². The van der Waals surface area contributed by atoms with E-state index in [1.165, 1.54) is 25.3 Å². The Balaban J connectivity index is 2.27. The van der Waals surface area contributed by atoms with Crippen LogP contribution in [0.25, 0.3) is 0 Å². The molecule has 0 bridgehead atoms. The van der Waals surface area contributed by atoms with Gasteiger partial charge in [-0.2, -0.15) is 0 Å². The fourth-order valence-corrected chi connectivity index (χ4v) is 3.18. The van der Waals surface area contributed by atoms with Gasteiger partial charge in [-0.15, -0.1) is 0 Å². The Morgan fingerprint density at radius 2 is 1.81 bits per heavy atom. The molecule has 0 unspecified atom stereocenters. The number of benzene rings is 2. The summed E-state index contributed by atoms with van der Waals surface area (Å²) in [6, 6.07) is 8.95. The van der Waals surface area contributed by atoms with E-state index in [1.807, 2.05) is 6.92 Å². The average molecular weight is 390 g/mol. The van der Waals surface area contributed by atoms with Gasteiger partial charge in [0.05, 0.1) is 17.7 Å². The molecule has 0 saturated carbocycles. The maximum atomic E-state index is 13.0. The van der Waals surface area contributed by atoms with Crippen molar-refractivity contribution >= 4 is 27.3 Å². The molecule has 0 radical (unpaired) electrons. The van der Waals surface area contributed by atoms with E-state index < -0.39 is 15.8 Å². The SMILES string of the molecule is C/C=C/C=C/C(=O)Nc1ccc(OC)c(NS(=O)(=O)c2ccc(F)cc2)c1. The van der Waals surface area contributed by atoms with Crippen LogP contribution < -0.4 is 14.8 Å². The Labute approximate surface area is 157 Å². The fourth-order valence-electron chi connectivity index (χ4n) is 2.12. The van der Waals surface area contributed by atoms with Crippen LogP contribution in [0, 0.1) is 5.82 Å². The van der Waals surface area contributed by atoms with Crippen molar-refractivity contribution in [3.63, 3.8) is 0 Å². The summed E-state index contributed by atoms with van der Waals surface area (Å²) in [7, 11) is -2.57. The first kappa shape index (κ1) is 20.2. The number of sulfonamides is 1. The topological polar surface area (TPSA) is 84.5 Å². The number of halogens is 1. The van der Waals surface area contributed by atoms with Crippen LogP contribution in [0.3, 0.4) is 0 Å². The highest BCUT2D eigenvalue weighted by Gasteiger charge is 2.17. The number of carbonyl (C=O) groups is 1. The van der Waals surface area contributed by atoms with E-state index in [4.69, 9.17) is 4.74 Å². The maximum Gasteiger partial charge on any atom is 0.262 e. The summed E-state index contributed by atoms with van der Waals surface area (Å²) >= 11 is 0. The number of hydrogen-bond acceptors (Lipinski definition) is 4. The van der Waals surface area contributed by atoms with Gasteiger partial charge in [-0.25, -0.2) is 12.8 Å². The standard InChI is InChI=1S/C19H19FN2O4S/c1-3-4-5-6-19(23)21-15-9-12-18(26-2)17(13-15)22-27(24,25)16-10-7-14(20)8-11-16/h3-13,22H,1-2H3,(H,21,23)/b4-3+,6-5+. The van der Waals surface area contributed by atoms with Gasteiger partial charge >= 0.3 is 0 Å². The lowest BCUT2D eigenvalue weighted by Crippen LogP contribution is -2.14. The third kappa shape index (κ3) is 5.68. The molecule has 8 heteroatoms. The highest BCUT2D eigenvalue weighted by Crippen LogP contribution is 2.30. The number of rotatable bonds is 7. The molecule has 6 nitrogen and oxygen atoms in total. The second-order valence-electron chi connectivity index (χ2n) is 5.35. The Morgan fingerprint density at radius 1 is 1.11 bits per heavy atom. The van der Waals surface area contributed by atoms with Gasteiger partial charge in [-0.3, -0.25) is 9.52 Å². The number of nitrogens with one attached hydrogen (secondary N) is 2. The molecule has 0 heterocycles. The number of carbonyl (C=O) groups excluding carboxylic acids is 1. The van der Waals surface area contributed by atoms with E-state index in [0.717, 1.165) is 24.3 Å². The minimum atomic E-state index is -3.96. The van der Waals surface area contributed by atoms with E-state index in [0.29, 0.717) is 5.69 Å². The molecule has 1 amide bonds. The second kappa shape index (κ2) is 9.00. The van der Waals surface area contributed by atoms with Crippen molar-refractivity contribution in [1.29, 1.82) is 0 Å². The lowest BCUT2D eigenvalue weighted by Gasteiger charge is -2.13. The largest absolute Gasteiger partial charge is 0.495 e. The van der Waals surface area contributed by atoms with E-state index in [9.17, 15) is 17.6 Å². The van der Waals surface area contributed by atoms with Crippen molar-refractivity contribution in [2.24, 2.45) is 0 Å². The predicted octanol–water partition coefficient (Wildman–Crippen LogP) is 3.71. The van der Waals surface area contributed by atoms with Crippen LogP contribution in [0.1, 0.15) is 6.92 Å². The van der Waals surface area contributed by atoms with Crippen LogP contribution in [0.15, 0.2) is 71.7 Å². The van der Waals surface area contributed by atoms with E-state index in [-0.39, 0.29) is 22.2 Å². The number of methoxy groups -OCH3 is 1. The third-order valence-corrected chi connectivity index (χ3v) is 4.77. The molecule has 27 heavy (non-hydrogen) atoms. The molecule has 142 valence electrons. The molecule has 0 aromatic heterocycles. The summed E-state index contributed by atoms with van der Waals surface area (Å²) < 4.78 is 45.6. The van der Waals surface area contributed by atoms with Gasteiger partial charge in [0.1, 0.15) is 11.6 Å². The van der Waals surface area contributed by atoms with Crippen LogP contribution in [-0.4, -0.2) is 21.4 Å². The van der Waals surface area contributed by atoms with Crippen molar-refractivity contribution in [1.82, 2.24) is 0 Å². The van der Waals surface area contributed by atoms with Gasteiger partial charge < -0.3 is 10.1 Å². The minimum absolute atomic E-state index is 0.102. The molecule has 0 fully saturated rings. The summed E-state index contributed by atoms with van der Waals surface area (Å²) in [4.78, 5) is 11.8. The number of ether oxygens (including phenoxy) is 1. The first-order valence-corrected chi connectivity index (χ1v) is 9.41. The molecule has 2 N–H and O–H groups in total. The van der Waals surface area contributed by atoms with Crippen molar-refractivity contribution in [2.75, 3.05) is 17.1 Å². The third-order valence-electron chi connectivity index (χ3n) is 3.39. The van der Waals surface area contributed by atoms with Crippen LogP contribution >= 0.6 is 0 Å². The van der Waals surface area contributed by atoms with Crippen molar-refractivity contribution in [3.05, 3.63) is 72.6 Å². The molecule has 0 atom stereocenters. The molecule has 0 aliphatic carbocycles. The van der Waals surface area contributed by atoms with E-state index in [1.54, 1.807) is 24.3 Å². The second-order valence-corrected chi connectivity index (χ2v) is 7.03. The summed E-state index contributed by atoms with van der Waals surface area (Å²) in [5.41, 5.74) is 0.514. The number of amides is 1. The van der Waals surface area contributed by atoms with Gasteiger partial charge in [0.2, 0.25) is 5.91 Å². The van der Waals surface area contributed by atoms with Gasteiger partial charge in [0, 0.05) is 11.8 Å². The fraction of sp³-hybridized carbons (Fsp3) is 0.105. The molecular formula is C19H19FN2O4S. The maximum absolute atomic E-state index is 13.0. The van der Waals surface area contributed by atoms with Crippen LogP contribution in [-0.2, 0) is 14.8 Å². The molecule has 2 aromatic rings. The van der Waals surface area contributed by atoms with Crippen LogP contribution in [0.5, 0.6) is 5.75 Å². The quantitative estimate of drug-likeness (QED) is 0.558. The molecule has 2 aromatic carbocycles. The zero-order chi connectivity index (χ0) is 19.9. The first-order valence-electron chi connectivity index (χ1n) is 7.92. The molecular weight excluding hydrogens is 371 g/mol. The first-order chi connectivity index (χ1) is 12.9. The molecule has 2 rings (SSSR count). The summed E-state index contributed by atoms with van der Waals surface area (Å²) in [5.74, 6) is -0.643. The molecule has 0 spiro atoms. The highest BCUT2D eigenvalue weighted by molar-refractivity contribution is 7.92. The smallest absolute Gasteiger partial charge is 0.262 e. The lowest BCUT2D eigenvalue weighted by molar-refractivity contribution is -0.111. The number of anilines is 2. The van der Waals surface area contributed by atoms with Crippen molar-refractivity contribution < 1.29 is 22.3 Å². The number of allylic oxidation sites excluding steroid dienone is 3. The highest BCUT2D eigenvalue weighted by atomic mass is 32.2. The molecule has 0 aliphatic heterocycles. The van der Waals surface area contributed by atoms with Crippen molar-refractivity contribution in [2.45, 2.75) is 11.8 Å². The van der Waals surface area contributed by atoms with Gasteiger partial charge in [0.25, 0.3) is 10.0 Å². The van der Waals surface area contributed by atoms with Crippen LogP contribution in [0.2, 0.25) is 0 Å². The molecule has 0 aliphatic rings.